The Morgan fingerprint density at radius 2 is 0.746 bits per heavy atom. The number of esters is 2. The van der Waals surface area contributed by atoms with E-state index in [2.05, 4.69) is 24.5 Å². The molecule has 0 aliphatic carbocycles. The third-order valence-corrected chi connectivity index (χ3v) is 11.4. The van der Waals surface area contributed by atoms with Crippen LogP contribution >= 0.6 is 0 Å². The molecule has 1 atom stereocenters. The molecule has 0 aromatic rings. The number of hydrogen-bond acceptors (Lipinski definition) is 10. The molecule has 0 radical (unpaired) electrons. The zero-order valence-electron chi connectivity index (χ0n) is 41.1. The summed E-state index contributed by atoms with van der Waals surface area (Å²) in [6, 6.07) is -0.750. The Bertz CT molecular complexity index is 1020. The molecule has 2 amide bonds. The van der Waals surface area contributed by atoms with Crippen LogP contribution in [-0.2, 0) is 38.0 Å². The number of carbonyl (C=O) groups is 4. The lowest BCUT2D eigenvalue weighted by molar-refractivity contribution is -0.150. The first kappa shape index (κ1) is 60.4. The summed E-state index contributed by atoms with van der Waals surface area (Å²) in [5, 5.41) is 5.38. The monoisotopic (exact) mass is 899 g/mol. The van der Waals surface area contributed by atoms with E-state index in [-0.39, 0.29) is 39.2 Å². The third kappa shape index (κ3) is 48.7. The summed E-state index contributed by atoms with van der Waals surface area (Å²) in [5.41, 5.74) is 0. The van der Waals surface area contributed by atoms with Crippen LogP contribution in [0, 0.1) is 0 Å². The summed E-state index contributed by atoms with van der Waals surface area (Å²) in [5.74, 6) is -1.13. The number of ether oxygens (including phenoxy) is 6. The van der Waals surface area contributed by atoms with Crippen molar-refractivity contribution in [1.82, 2.24) is 10.6 Å². The Labute approximate surface area is 385 Å². The van der Waals surface area contributed by atoms with E-state index in [9.17, 15) is 19.2 Å². The number of carbonyl (C=O) groups excluding carboxylic acids is 4. The maximum atomic E-state index is 12.7. The molecule has 0 saturated heterocycles. The summed E-state index contributed by atoms with van der Waals surface area (Å²) < 4.78 is 31.6. The first-order chi connectivity index (χ1) is 30.9. The first-order valence-electron chi connectivity index (χ1n) is 26.1. The number of rotatable bonds is 49. The van der Waals surface area contributed by atoms with E-state index in [0.717, 1.165) is 38.5 Å². The Hall–Kier alpha value is -2.60. The first-order valence-corrected chi connectivity index (χ1v) is 26.1. The van der Waals surface area contributed by atoms with Gasteiger partial charge in [0.1, 0.15) is 6.61 Å². The lowest BCUT2D eigenvalue weighted by atomic mass is 10.0. The smallest absolute Gasteiger partial charge is 0.407 e. The number of methoxy groups -OCH3 is 1. The van der Waals surface area contributed by atoms with Gasteiger partial charge in [0, 0.05) is 26.7 Å². The molecular weight excluding hydrogens is 801 g/mol. The second kappa shape index (κ2) is 50.4. The van der Waals surface area contributed by atoms with Crippen LogP contribution in [0.25, 0.3) is 0 Å². The largest absolute Gasteiger partial charge is 0.466 e. The maximum absolute atomic E-state index is 12.7. The van der Waals surface area contributed by atoms with Gasteiger partial charge < -0.3 is 39.1 Å². The average Bonchev–Trinajstić information content (AvgIpc) is 3.28. The average molecular weight is 899 g/mol. The molecule has 0 rings (SSSR count). The SMILES string of the molecule is CCCCCCCCCCCCCCCCCCOC(=O)NCC(COC(=O)CCC(=O)OCCCOCCOC)NC(=O)OCCCCCCCCCCCCCCCCCC. The van der Waals surface area contributed by atoms with Gasteiger partial charge in [0.2, 0.25) is 0 Å². The minimum Gasteiger partial charge on any atom is -0.466 e. The second-order valence-electron chi connectivity index (χ2n) is 17.5. The summed E-state index contributed by atoms with van der Waals surface area (Å²) in [7, 11) is 1.60. The van der Waals surface area contributed by atoms with Crippen LogP contribution in [0.3, 0.4) is 0 Å². The molecule has 12 nitrogen and oxygen atoms in total. The molecule has 0 fully saturated rings. The van der Waals surface area contributed by atoms with Gasteiger partial charge >= 0.3 is 24.1 Å². The number of alkyl carbamates (subject to hydrolysis) is 2. The lowest BCUT2D eigenvalue weighted by Gasteiger charge is -2.19. The number of hydrogen-bond donors (Lipinski definition) is 2. The summed E-state index contributed by atoms with van der Waals surface area (Å²) >= 11 is 0. The van der Waals surface area contributed by atoms with Crippen LogP contribution in [0.5, 0.6) is 0 Å². The van der Waals surface area contributed by atoms with Crippen LogP contribution in [0.1, 0.15) is 239 Å². The highest BCUT2D eigenvalue weighted by Crippen LogP contribution is 2.15. The third-order valence-electron chi connectivity index (χ3n) is 11.4. The van der Waals surface area contributed by atoms with Crippen molar-refractivity contribution in [1.29, 1.82) is 0 Å². The molecule has 0 aromatic carbocycles. The normalized spacial score (nSPS) is 11.6. The molecule has 0 aliphatic rings. The molecule has 1 unspecified atom stereocenters. The van der Waals surface area contributed by atoms with Crippen molar-refractivity contribution in [3.05, 3.63) is 0 Å². The minimum atomic E-state index is -0.750. The van der Waals surface area contributed by atoms with Gasteiger partial charge in [0.25, 0.3) is 0 Å². The van der Waals surface area contributed by atoms with Crippen molar-refractivity contribution >= 4 is 24.1 Å². The molecule has 12 heteroatoms. The van der Waals surface area contributed by atoms with E-state index in [1.807, 2.05) is 0 Å². The van der Waals surface area contributed by atoms with Gasteiger partial charge in [0.15, 0.2) is 0 Å². The molecule has 0 aromatic heterocycles. The van der Waals surface area contributed by atoms with E-state index < -0.39 is 30.2 Å². The molecule has 0 saturated carbocycles. The van der Waals surface area contributed by atoms with Crippen LogP contribution in [-0.4, -0.2) is 90.1 Å². The zero-order chi connectivity index (χ0) is 45.9. The number of amides is 2. The van der Waals surface area contributed by atoms with Gasteiger partial charge in [0.05, 0.1) is 51.9 Å². The Morgan fingerprint density at radius 3 is 1.16 bits per heavy atom. The predicted molar refractivity (Wildman–Crippen MR) is 255 cm³/mol. The Kier molecular flexibility index (Phi) is 48.3. The van der Waals surface area contributed by atoms with Gasteiger partial charge in [-0.1, -0.05) is 206 Å². The zero-order valence-corrected chi connectivity index (χ0v) is 41.1. The summed E-state index contributed by atoms with van der Waals surface area (Å²) in [4.78, 5) is 49.7. The molecule has 0 aliphatic heterocycles. The molecular formula is C51H98N2O10. The van der Waals surface area contributed by atoms with Gasteiger partial charge in [-0.2, -0.15) is 0 Å². The topological polar surface area (TPSA) is 148 Å². The van der Waals surface area contributed by atoms with Crippen LogP contribution in [0.2, 0.25) is 0 Å². The fourth-order valence-electron chi connectivity index (χ4n) is 7.38. The summed E-state index contributed by atoms with van der Waals surface area (Å²) in [6.45, 7) is 6.50. The number of nitrogens with one attached hydrogen (secondary N) is 2. The van der Waals surface area contributed by atoms with Crippen molar-refractivity contribution in [2.45, 2.75) is 245 Å². The van der Waals surface area contributed by atoms with E-state index >= 15 is 0 Å². The Balaban J connectivity index is 4.33. The highest BCUT2D eigenvalue weighted by molar-refractivity contribution is 5.77. The van der Waals surface area contributed by atoms with Crippen LogP contribution in [0.15, 0.2) is 0 Å². The van der Waals surface area contributed by atoms with Gasteiger partial charge in [-0.15, -0.1) is 0 Å². The quantitative estimate of drug-likeness (QED) is 0.0343. The second-order valence-corrected chi connectivity index (χ2v) is 17.5. The molecule has 0 spiro atoms. The molecule has 0 heterocycles. The van der Waals surface area contributed by atoms with Crippen molar-refractivity contribution in [2.75, 3.05) is 59.9 Å². The highest BCUT2D eigenvalue weighted by atomic mass is 16.6. The van der Waals surface area contributed by atoms with Gasteiger partial charge in [-0.3, -0.25) is 9.59 Å². The Morgan fingerprint density at radius 1 is 0.381 bits per heavy atom. The van der Waals surface area contributed by atoms with Crippen molar-refractivity contribution in [3.63, 3.8) is 0 Å². The van der Waals surface area contributed by atoms with E-state index in [0.29, 0.717) is 32.8 Å². The fourth-order valence-corrected chi connectivity index (χ4v) is 7.38. The standard InChI is InChI=1S/C51H98N2O10/c1-4-6-8-10-12-14-16-18-20-22-24-26-28-30-32-34-40-61-50(56)52-45-47(46-63-49(55)38-37-48(54)60-42-36-39-59-44-43-58-3)53-51(57)62-41-35-33-31-29-27-25-23-21-19-17-15-13-11-9-7-5-2/h47H,4-46H2,1-3H3,(H,52,56)(H,53,57). The van der Waals surface area contributed by atoms with E-state index in [4.69, 9.17) is 28.4 Å². The van der Waals surface area contributed by atoms with Gasteiger partial charge in [-0.25, -0.2) is 9.59 Å². The van der Waals surface area contributed by atoms with E-state index in [1.165, 1.54) is 167 Å². The maximum Gasteiger partial charge on any atom is 0.407 e. The van der Waals surface area contributed by atoms with E-state index in [1.54, 1.807) is 7.11 Å². The fraction of sp³-hybridized carbons (Fsp3) is 0.922. The van der Waals surface area contributed by atoms with Crippen molar-refractivity contribution < 1.29 is 47.6 Å². The lowest BCUT2D eigenvalue weighted by Crippen LogP contribution is -2.47. The highest BCUT2D eigenvalue weighted by Gasteiger charge is 2.18. The molecule has 372 valence electrons. The number of unbranched alkanes of at least 4 members (excludes halogenated alkanes) is 30. The molecule has 0 bridgehead atoms. The minimum absolute atomic E-state index is 0.0201. The summed E-state index contributed by atoms with van der Waals surface area (Å²) in [6.07, 6.45) is 39.6. The van der Waals surface area contributed by atoms with Crippen molar-refractivity contribution in [2.24, 2.45) is 0 Å². The van der Waals surface area contributed by atoms with Crippen LogP contribution < -0.4 is 10.6 Å². The van der Waals surface area contributed by atoms with Crippen LogP contribution in [0.4, 0.5) is 9.59 Å². The van der Waals surface area contributed by atoms with Crippen molar-refractivity contribution in [3.8, 4) is 0 Å². The molecule has 63 heavy (non-hydrogen) atoms. The van der Waals surface area contributed by atoms with Gasteiger partial charge in [-0.05, 0) is 12.8 Å². The molecule has 2 N–H and O–H groups in total. The predicted octanol–water partition coefficient (Wildman–Crippen LogP) is 13.3.